The molecule has 5 heteroatoms. The number of carboxylic acid groups (broad SMARTS) is 1. The molecular formula is C11H19NO4. The molecule has 5 nitrogen and oxygen atoms in total. The highest BCUT2D eigenvalue weighted by Gasteiger charge is 2.51. The molecule has 2 N–H and O–H groups in total. The van der Waals surface area contributed by atoms with Gasteiger partial charge in [-0.15, -0.1) is 0 Å². The van der Waals surface area contributed by atoms with Crippen LogP contribution in [0.5, 0.6) is 0 Å². The van der Waals surface area contributed by atoms with Crippen LogP contribution in [0.25, 0.3) is 0 Å². The van der Waals surface area contributed by atoms with Crippen LogP contribution in [0, 0.1) is 5.41 Å². The molecule has 16 heavy (non-hydrogen) atoms. The van der Waals surface area contributed by atoms with Gasteiger partial charge in [0, 0.05) is 13.2 Å². The van der Waals surface area contributed by atoms with Crippen molar-refractivity contribution in [3.8, 4) is 0 Å². The van der Waals surface area contributed by atoms with Crippen molar-refractivity contribution < 1.29 is 19.4 Å². The van der Waals surface area contributed by atoms with E-state index in [9.17, 15) is 9.59 Å². The molecule has 0 aromatic rings. The predicted molar refractivity (Wildman–Crippen MR) is 58.0 cm³/mol. The first-order valence-electron chi connectivity index (χ1n) is 5.66. The van der Waals surface area contributed by atoms with Gasteiger partial charge >= 0.3 is 5.97 Å². The summed E-state index contributed by atoms with van der Waals surface area (Å²) in [5, 5.41) is 11.7. The second kappa shape index (κ2) is 5.30. The van der Waals surface area contributed by atoms with E-state index in [0.29, 0.717) is 26.0 Å². The Morgan fingerprint density at radius 2 is 2.12 bits per heavy atom. The summed E-state index contributed by atoms with van der Waals surface area (Å²) in [4.78, 5) is 22.8. The van der Waals surface area contributed by atoms with Crippen molar-refractivity contribution in [3.05, 3.63) is 0 Å². The highest BCUT2D eigenvalue weighted by atomic mass is 16.5. The number of amides is 1. The van der Waals surface area contributed by atoms with Crippen LogP contribution >= 0.6 is 0 Å². The fourth-order valence-corrected chi connectivity index (χ4v) is 1.82. The average molecular weight is 229 g/mol. The summed E-state index contributed by atoms with van der Waals surface area (Å²) >= 11 is 0. The van der Waals surface area contributed by atoms with Crippen LogP contribution in [0.15, 0.2) is 0 Å². The molecule has 0 aromatic heterocycles. The van der Waals surface area contributed by atoms with Gasteiger partial charge < -0.3 is 15.2 Å². The zero-order valence-corrected chi connectivity index (χ0v) is 9.78. The standard InChI is InChI=1S/C11H19NO4/c1-3-16-8(2)7-12-9(13)11(10(14)15)5-4-6-11/h8H,3-7H2,1-2H3,(H,12,13)(H,14,15). The second-order valence-electron chi connectivity index (χ2n) is 4.22. The van der Waals surface area contributed by atoms with Gasteiger partial charge in [-0.1, -0.05) is 6.42 Å². The van der Waals surface area contributed by atoms with E-state index in [1.54, 1.807) is 0 Å². The van der Waals surface area contributed by atoms with E-state index in [2.05, 4.69) is 5.32 Å². The van der Waals surface area contributed by atoms with Crippen LogP contribution in [0.4, 0.5) is 0 Å². The van der Waals surface area contributed by atoms with E-state index in [0.717, 1.165) is 6.42 Å². The number of rotatable bonds is 6. The van der Waals surface area contributed by atoms with Gasteiger partial charge in [-0.2, -0.15) is 0 Å². The Labute approximate surface area is 95.2 Å². The van der Waals surface area contributed by atoms with Crippen LogP contribution in [-0.2, 0) is 14.3 Å². The Hall–Kier alpha value is -1.10. The van der Waals surface area contributed by atoms with Gasteiger partial charge in [0.25, 0.3) is 0 Å². The number of hydrogen-bond donors (Lipinski definition) is 2. The lowest BCUT2D eigenvalue weighted by molar-refractivity contribution is -0.162. The molecular weight excluding hydrogens is 210 g/mol. The van der Waals surface area contributed by atoms with Crippen molar-refractivity contribution in [3.63, 3.8) is 0 Å². The van der Waals surface area contributed by atoms with E-state index < -0.39 is 11.4 Å². The lowest BCUT2D eigenvalue weighted by Gasteiger charge is -2.36. The number of ether oxygens (including phenoxy) is 1. The van der Waals surface area contributed by atoms with Crippen LogP contribution in [0.3, 0.4) is 0 Å². The molecule has 92 valence electrons. The maximum atomic E-state index is 11.7. The van der Waals surface area contributed by atoms with Gasteiger partial charge in [-0.25, -0.2) is 0 Å². The van der Waals surface area contributed by atoms with E-state index >= 15 is 0 Å². The summed E-state index contributed by atoms with van der Waals surface area (Å²) in [6.45, 7) is 4.67. The molecule has 0 radical (unpaired) electrons. The number of hydrogen-bond acceptors (Lipinski definition) is 3. The van der Waals surface area contributed by atoms with Gasteiger partial charge in [0.1, 0.15) is 5.41 Å². The number of carbonyl (C=O) groups excluding carboxylic acids is 1. The van der Waals surface area contributed by atoms with Crippen LogP contribution in [0.2, 0.25) is 0 Å². The molecule has 0 aromatic carbocycles. The van der Waals surface area contributed by atoms with E-state index in [1.165, 1.54) is 0 Å². The molecule has 1 aliphatic rings. The molecule has 1 saturated carbocycles. The van der Waals surface area contributed by atoms with Gasteiger partial charge in [-0.3, -0.25) is 9.59 Å². The molecule has 1 amide bonds. The predicted octanol–water partition coefficient (Wildman–Crippen LogP) is 0.782. The summed E-state index contributed by atoms with van der Waals surface area (Å²) < 4.78 is 5.25. The molecule has 1 rings (SSSR count). The fraction of sp³-hybridized carbons (Fsp3) is 0.818. The van der Waals surface area contributed by atoms with Gasteiger partial charge in [0.05, 0.1) is 6.10 Å². The van der Waals surface area contributed by atoms with E-state index in [4.69, 9.17) is 9.84 Å². The first kappa shape index (κ1) is 13.0. The molecule has 0 saturated heterocycles. The molecule has 1 unspecified atom stereocenters. The number of carbonyl (C=O) groups is 2. The van der Waals surface area contributed by atoms with Crippen LogP contribution < -0.4 is 5.32 Å². The van der Waals surface area contributed by atoms with Crippen molar-refractivity contribution in [2.45, 2.75) is 39.2 Å². The Morgan fingerprint density at radius 3 is 2.50 bits per heavy atom. The molecule has 0 bridgehead atoms. The van der Waals surface area contributed by atoms with Crippen molar-refractivity contribution >= 4 is 11.9 Å². The van der Waals surface area contributed by atoms with Gasteiger partial charge in [0.15, 0.2) is 0 Å². The van der Waals surface area contributed by atoms with Crippen LogP contribution in [-0.4, -0.2) is 36.2 Å². The number of carboxylic acids is 1. The minimum atomic E-state index is -1.17. The summed E-state index contributed by atoms with van der Waals surface area (Å²) in [6, 6.07) is 0. The Morgan fingerprint density at radius 1 is 1.50 bits per heavy atom. The molecule has 1 fully saturated rings. The minimum Gasteiger partial charge on any atom is -0.480 e. The summed E-state index contributed by atoms with van der Waals surface area (Å²) in [5.74, 6) is -1.39. The lowest BCUT2D eigenvalue weighted by atomic mass is 9.68. The van der Waals surface area contributed by atoms with Crippen molar-refractivity contribution in [1.29, 1.82) is 0 Å². The zero-order chi connectivity index (χ0) is 12.2. The Balaban J connectivity index is 2.42. The molecule has 0 heterocycles. The smallest absolute Gasteiger partial charge is 0.319 e. The third kappa shape index (κ3) is 2.52. The van der Waals surface area contributed by atoms with Crippen molar-refractivity contribution in [2.75, 3.05) is 13.2 Å². The monoisotopic (exact) mass is 229 g/mol. The fourth-order valence-electron chi connectivity index (χ4n) is 1.82. The third-order valence-electron chi connectivity index (χ3n) is 3.05. The highest BCUT2D eigenvalue weighted by molar-refractivity contribution is 6.02. The van der Waals surface area contributed by atoms with Crippen LogP contribution in [0.1, 0.15) is 33.1 Å². The third-order valence-corrected chi connectivity index (χ3v) is 3.05. The molecule has 0 spiro atoms. The lowest BCUT2D eigenvalue weighted by Crippen LogP contribution is -2.52. The summed E-state index contributed by atoms with van der Waals surface area (Å²) in [7, 11) is 0. The van der Waals surface area contributed by atoms with Gasteiger partial charge in [-0.05, 0) is 26.7 Å². The topological polar surface area (TPSA) is 75.6 Å². The molecule has 0 aliphatic heterocycles. The average Bonchev–Trinajstić information content (AvgIpc) is 2.12. The summed E-state index contributed by atoms with van der Waals surface area (Å²) in [6.07, 6.45) is 1.61. The van der Waals surface area contributed by atoms with Crippen molar-refractivity contribution in [2.24, 2.45) is 5.41 Å². The largest absolute Gasteiger partial charge is 0.480 e. The molecule has 1 atom stereocenters. The Kier molecular flexibility index (Phi) is 4.29. The van der Waals surface area contributed by atoms with Crippen molar-refractivity contribution in [1.82, 2.24) is 5.32 Å². The Bertz CT molecular complexity index is 273. The van der Waals surface area contributed by atoms with Gasteiger partial charge in [0.2, 0.25) is 5.91 Å². The highest BCUT2D eigenvalue weighted by Crippen LogP contribution is 2.41. The maximum absolute atomic E-state index is 11.7. The quantitative estimate of drug-likeness (QED) is 0.660. The zero-order valence-electron chi connectivity index (χ0n) is 9.78. The maximum Gasteiger partial charge on any atom is 0.319 e. The minimum absolute atomic E-state index is 0.0835. The summed E-state index contributed by atoms with van der Waals surface area (Å²) in [5.41, 5.74) is -1.17. The number of nitrogens with one attached hydrogen (secondary N) is 1. The number of aliphatic carboxylic acids is 1. The first-order chi connectivity index (χ1) is 7.53. The molecule has 1 aliphatic carbocycles. The second-order valence-corrected chi connectivity index (χ2v) is 4.22. The van der Waals surface area contributed by atoms with E-state index in [-0.39, 0.29) is 12.0 Å². The first-order valence-corrected chi connectivity index (χ1v) is 5.66. The van der Waals surface area contributed by atoms with E-state index in [1.807, 2.05) is 13.8 Å². The SMILES string of the molecule is CCOC(C)CNC(=O)C1(C(=O)O)CCC1. The normalized spacial score (nSPS) is 19.6.